The molecule has 0 fully saturated rings. The van der Waals surface area contributed by atoms with Crippen molar-refractivity contribution in [3.05, 3.63) is 34.4 Å². The van der Waals surface area contributed by atoms with Gasteiger partial charge in [0.15, 0.2) is 5.60 Å². The average molecular weight is 278 g/mol. The van der Waals surface area contributed by atoms with E-state index in [-0.39, 0.29) is 6.61 Å². The molecule has 1 aromatic rings. The van der Waals surface area contributed by atoms with Crippen LogP contribution in [0.2, 0.25) is 0 Å². The molecule has 20 heavy (non-hydrogen) atoms. The van der Waals surface area contributed by atoms with E-state index in [1.54, 1.807) is 6.92 Å². The molecule has 0 saturated carbocycles. The second-order valence-corrected chi connectivity index (χ2v) is 5.10. The molecule has 3 nitrogen and oxygen atoms in total. The lowest BCUT2D eigenvalue weighted by molar-refractivity contribution is -0.166. The molecular formula is C17H26O3. The van der Waals surface area contributed by atoms with Gasteiger partial charge in [-0.2, -0.15) is 0 Å². The molecule has 1 atom stereocenters. The monoisotopic (exact) mass is 278 g/mol. The van der Waals surface area contributed by atoms with Crippen molar-refractivity contribution in [2.45, 2.75) is 59.5 Å². The molecule has 1 N–H and O–H groups in total. The summed E-state index contributed by atoms with van der Waals surface area (Å²) in [4.78, 5) is 12.2. The summed E-state index contributed by atoms with van der Waals surface area (Å²) in [5, 5.41) is 10.9. The van der Waals surface area contributed by atoms with Crippen LogP contribution in [0.25, 0.3) is 0 Å². The Morgan fingerprint density at radius 2 is 1.65 bits per heavy atom. The predicted molar refractivity (Wildman–Crippen MR) is 80.8 cm³/mol. The van der Waals surface area contributed by atoms with E-state index < -0.39 is 11.6 Å². The summed E-state index contributed by atoms with van der Waals surface area (Å²) in [6, 6.07) is 4.10. The van der Waals surface area contributed by atoms with Gasteiger partial charge in [0.25, 0.3) is 0 Å². The van der Waals surface area contributed by atoms with Crippen LogP contribution >= 0.6 is 0 Å². The summed E-state index contributed by atoms with van der Waals surface area (Å²) in [6.07, 6.45) is 1.88. The highest BCUT2D eigenvalue weighted by Gasteiger charge is 2.40. The largest absolute Gasteiger partial charge is 0.464 e. The van der Waals surface area contributed by atoms with Gasteiger partial charge in [-0.05, 0) is 44.2 Å². The third kappa shape index (κ3) is 3.04. The molecule has 0 bridgehead atoms. The standard InChI is InChI=1S/C17H26O3/c1-6-13-10-12(5)11-14(7-2)15(13)17(19,8-3)16(18)20-9-4/h10-11,19H,6-9H2,1-5H3. The lowest BCUT2D eigenvalue weighted by Gasteiger charge is -2.29. The summed E-state index contributed by atoms with van der Waals surface area (Å²) in [6.45, 7) is 9.96. The molecule has 0 heterocycles. The van der Waals surface area contributed by atoms with Crippen molar-refractivity contribution in [2.75, 3.05) is 6.61 Å². The van der Waals surface area contributed by atoms with Crippen molar-refractivity contribution in [3.8, 4) is 0 Å². The van der Waals surface area contributed by atoms with Crippen LogP contribution in [0.3, 0.4) is 0 Å². The maximum absolute atomic E-state index is 12.2. The van der Waals surface area contributed by atoms with Gasteiger partial charge in [-0.1, -0.05) is 38.5 Å². The third-order valence-electron chi connectivity index (χ3n) is 3.75. The Kier molecular flexibility index (Phi) is 5.75. The van der Waals surface area contributed by atoms with E-state index >= 15 is 0 Å². The van der Waals surface area contributed by atoms with E-state index in [0.717, 1.165) is 35.1 Å². The number of carbonyl (C=O) groups excluding carboxylic acids is 1. The van der Waals surface area contributed by atoms with Gasteiger partial charge in [0, 0.05) is 5.56 Å². The Morgan fingerprint density at radius 1 is 1.15 bits per heavy atom. The van der Waals surface area contributed by atoms with Crippen molar-refractivity contribution < 1.29 is 14.6 Å². The molecule has 1 unspecified atom stereocenters. The Labute approximate surface area is 122 Å². The number of aryl methyl sites for hydroxylation is 3. The number of esters is 1. The second-order valence-electron chi connectivity index (χ2n) is 5.10. The van der Waals surface area contributed by atoms with E-state index in [9.17, 15) is 9.90 Å². The minimum atomic E-state index is -1.54. The van der Waals surface area contributed by atoms with Gasteiger partial charge in [0.05, 0.1) is 6.61 Å². The van der Waals surface area contributed by atoms with Crippen molar-refractivity contribution in [3.63, 3.8) is 0 Å². The highest BCUT2D eigenvalue weighted by molar-refractivity contribution is 5.82. The van der Waals surface area contributed by atoms with Crippen LogP contribution in [-0.2, 0) is 28.0 Å². The van der Waals surface area contributed by atoms with Crippen LogP contribution in [0.15, 0.2) is 12.1 Å². The molecule has 1 rings (SSSR count). The third-order valence-corrected chi connectivity index (χ3v) is 3.75. The number of rotatable bonds is 6. The van der Waals surface area contributed by atoms with Gasteiger partial charge in [0.2, 0.25) is 0 Å². The van der Waals surface area contributed by atoms with E-state index in [1.807, 2.05) is 39.8 Å². The highest BCUT2D eigenvalue weighted by Crippen LogP contribution is 2.34. The normalized spacial score (nSPS) is 13.9. The first-order valence-corrected chi connectivity index (χ1v) is 7.46. The lowest BCUT2D eigenvalue weighted by atomic mass is 9.81. The zero-order valence-electron chi connectivity index (χ0n) is 13.2. The van der Waals surface area contributed by atoms with Crippen molar-refractivity contribution >= 4 is 5.97 Å². The maximum Gasteiger partial charge on any atom is 0.342 e. The van der Waals surface area contributed by atoms with E-state index in [4.69, 9.17) is 4.74 Å². The first-order chi connectivity index (χ1) is 9.44. The topological polar surface area (TPSA) is 46.5 Å². The van der Waals surface area contributed by atoms with Gasteiger partial charge in [-0.25, -0.2) is 4.79 Å². The maximum atomic E-state index is 12.2. The van der Waals surface area contributed by atoms with Gasteiger partial charge in [0.1, 0.15) is 0 Å². The van der Waals surface area contributed by atoms with Crippen LogP contribution in [-0.4, -0.2) is 17.7 Å². The van der Waals surface area contributed by atoms with Crippen molar-refractivity contribution in [1.82, 2.24) is 0 Å². The molecule has 112 valence electrons. The molecule has 0 radical (unpaired) electrons. The first kappa shape index (κ1) is 16.7. The highest BCUT2D eigenvalue weighted by atomic mass is 16.5. The number of hydrogen-bond acceptors (Lipinski definition) is 3. The van der Waals surface area contributed by atoms with Crippen LogP contribution < -0.4 is 0 Å². The fraction of sp³-hybridized carbons (Fsp3) is 0.588. The number of ether oxygens (including phenoxy) is 1. The van der Waals surface area contributed by atoms with Crippen LogP contribution in [0.1, 0.15) is 56.4 Å². The minimum Gasteiger partial charge on any atom is -0.464 e. The van der Waals surface area contributed by atoms with Crippen molar-refractivity contribution in [1.29, 1.82) is 0 Å². The van der Waals surface area contributed by atoms with Crippen LogP contribution in [0, 0.1) is 6.92 Å². The van der Waals surface area contributed by atoms with E-state index in [1.165, 1.54) is 0 Å². The lowest BCUT2D eigenvalue weighted by Crippen LogP contribution is -2.38. The first-order valence-electron chi connectivity index (χ1n) is 7.46. The van der Waals surface area contributed by atoms with Crippen LogP contribution in [0.4, 0.5) is 0 Å². The fourth-order valence-corrected chi connectivity index (χ4v) is 2.70. The number of hydrogen-bond donors (Lipinski definition) is 1. The molecular weight excluding hydrogens is 252 g/mol. The zero-order valence-corrected chi connectivity index (χ0v) is 13.2. The smallest absolute Gasteiger partial charge is 0.342 e. The molecule has 0 spiro atoms. The molecule has 0 aliphatic carbocycles. The molecule has 0 aliphatic rings. The molecule has 1 aromatic carbocycles. The predicted octanol–water partition coefficient (Wildman–Crippen LogP) is 3.28. The Bertz CT molecular complexity index is 454. The summed E-state index contributed by atoms with van der Waals surface area (Å²) >= 11 is 0. The average Bonchev–Trinajstić information content (AvgIpc) is 2.45. The quantitative estimate of drug-likeness (QED) is 0.812. The van der Waals surface area contributed by atoms with Crippen LogP contribution in [0.5, 0.6) is 0 Å². The fourth-order valence-electron chi connectivity index (χ4n) is 2.70. The molecule has 3 heteroatoms. The van der Waals surface area contributed by atoms with E-state index in [2.05, 4.69) is 0 Å². The number of carbonyl (C=O) groups is 1. The Morgan fingerprint density at radius 3 is 2.00 bits per heavy atom. The van der Waals surface area contributed by atoms with Gasteiger partial charge >= 0.3 is 5.97 Å². The van der Waals surface area contributed by atoms with Gasteiger partial charge in [-0.15, -0.1) is 0 Å². The summed E-state index contributed by atoms with van der Waals surface area (Å²) in [5.74, 6) is -0.546. The summed E-state index contributed by atoms with van der Waals surface area (Å²) in [5.41, 5.74) is 2.41. The zero-order chi connectivity index (χ0) is 15.3. The SMILES string of the molecule is CCOC(=O)C(O)(CC)c1c(CC)cc(C)cc1CC. The Balaban J connectivity index is 3.51. The minimum absolute atomic E-state index is 0.274. The van der Waals surface area contributed by atoms with E-state index in [0.29, 0.717) is 6.42 Å². The molecule has 0 aliphatic heterocycles. The second kappa shape index (κ2) is 6.89. The number of benzene rings is 1. The van der Waals surface area contributed by atoms with Gasteiger partial charge < -0.3 is 9.84 Å². The molecule has 0 aromatic heterocycles. The van der Waals surface area contributed by atoms with Crippen molar-refractivity contribution in [2.24, 2.45) is 0 Å². The molecule has 0 amide bonds. The summed E-state index contributed by atoms with van der Waals surface area (Å²) in [7, 11) is 0. The summed E-state index contributed by atoms with van der Waals surface area (Å²) < 4.78 is 5.09. The van der Waals surface area contributed by atoms with Gasteiger partial charge in [-0.3, -0.25) is 0 Å². The molecule has 0 saturated heterocycles. The number of aliphatic hydroxyl groups is 1. The Hall–Kier alpha value is -1.35.